The summed E-state index contributed by atoms with van der Waals surface area (Å²) in [6.07, 6.45) is 1.03. The first kappa shape index (κ1) is 27.2. The summed E-state index contributed by atoms with van der Waals surface area (Å²) in [6, 6.07) is 11.4. The molecule has 4 nitrogen and oxygen atoms in total. The van der Waals surface area contributed by atoms with E-state index in [1.807, 2.05) is 12.1 Å². The summed E-state index contributed by atoms with van der Waals surface area (Å²) in [7, 11) is -10.5. The van der Waals surface area contributed by atoms with Gasteiger partial charge >= 0.3 is 25.7 Å². The average Bonchev–Trinajstić information content (AvgIpc) is 2.41. The van der Waals surface area contributed by atoms with E-state index in [9.17, 15) is 0 Å². The topological polar surface area (TPSA) is 36.9 Å². The molecule has 0 N–H and O–H groups in total. The van der Waals surface area contributed by atoms with Crippen molar-refractivity contribution in [3.63, 3.8) is 0 Å². The lowest BCUT2D eigenvalue weighted by Gasteiger charge is -2.43. The van der Waals surface area contributed by atoms with Gasteiger partial charge < -0.3 is 16.5 Å². The summed E-state index contributed by atoms with van der Waals surface area (Å²) in [6.45, 7) is 26.4. The van der Waals surface area contributed by atoms with Gasteiger partial charge in [0.1, 0.15) is 0 Å². The molecule has 0 fully saturated rings. The summed E-state index contributed by atoms with van der Waals surface area (Å²) in [5.41, 5.74) is 1.84. The quantitative estimate of drug-likeness (QED) is 0.328. The fourth-order valence-electron chi connectivity index (χ4n) is 3.87. The molecule has 167 valence electrons. The maximum absolute atomic E-state index is 6.80. The molecular weight excluding hydrogens is 445 g/mol. The van der Waals surface area contributed by atoms with Crippen LogP contribution in [0.2, 0.25) is 77.6 Å². The van der Waals surface area contributed by atoms with Crippen molar-refractivity contribution in [3.8, 4) is 0 Å². The molecule has 29 heavy (non-hydrogen) atoms. The van der Waals surface area contributed by atoms with Gasteiger partial charge in [0.25, 0.3) is 0 Å². The zero-order chi connectivity index (χ0) is 22.7. The van der Waals surface area contributed by atoms with E-state index in [1.54, 1.807) is 0 Å². The lowest BCUT2D eigenvalue weighted by atomic mass is 10.1. The maximum atomic E-state index is 6.80. The third-order valence-electron chi connectivity index (χ3n) is 4.56. The van der Waals surface area contributed by atoms with Crippen molar-refractivity contribution in [3.05, 3.63) is 35.9 Å². The molecule has 1 atom stereocenters. The number of hydrogen-bond acceptors (Lipinski definition) is 4. The highest BCUT2D eigenvalue weighted by Crippen LogP contribution is 2.32. The standard InChI is InChI=1S/C20H43O4Si5/c1-19(18-20-16-14-13-15-17-20)26(5,6)22-28(9,10)24-29(11,12)23-27(7,8)21-25(2,3)4/h14-17,19H,18H2,1-12H3. The zero-order valence-electron chi connectivity index (χ0n) is 20.7. The van der Waals surface area contributed by atoms with E-state index in [0.717, 1.165) is 6.42 Å². The van der Waals surface area contributed by atoms with Crippen molar-refractivity contribution in [1.82, 2.24) is 0 Å². The average molecular weight is 488 g/mol. The second-order valence-electron chi connectivity index (χ2n) is 10.8. The van der Waals surface area contributed by atoms with Crippen LogP contribution in [0.1, 0.15) is 12.5 Å². The van der Waals surface area contributed by atoms with Gasteiger partial charge in [0.2, 0.25) is 0 Å². The predicted octanol–water partition coefficient (Wildman–Crippen LogP) is 6.63. The Morgan fingerprint density at radius 1 is 0.690 bits per heavy atom. The van der Waals surface area contributed by atoms with E-state index >= 15 is 0 Å². The van der Waals surface area contributed by atoms with Crippen LogP contribution in [0, 0.1) is 6.07 Å². The number of hydrogen-bond donors (Lipinski definition) is 0. The molecule has 1 radical (unpaired) electrons. The highest BCUT2D eigenvalue weighted by atomic mass is 28.5. The molecule has 0 bridgehead atoms. The molecule has 0 aliphatic heterocycles. The minimum atomic E-state index is -2.37. The SMILES string of the molecule is CC(Cc1cc[c]cc1)[Si](C)(C)O[Si](C)(C)O[Si](C)(C)O[Si](C)(C)O[Si](C)(C)C. The van der Waals surface area contributed by atoms with E-state index in [4.69, 9.17) is 16.5 Å². The fraction of sp³-hybridized carbons (Fsp3) is 0.700. The van der Waals surface area contributed by atoms with Crippen LogP contribution in [-0.2, 0) is 22.9 Å². The monoisotopic (exact) mass is 487 g/mol. The van der Waals surface area contributed by atoms with Crippen molar-refractivity contribution in [2.75, 3.05) is 0 Å². The molecule has 0 spiro atoms. The smallest absolute Gasteiger partial charge is 0.314 e. The van der Waals surface area contributed by atoms with Gasteiger partial charge in [-0.05, 0) is 95.6 Å². The van der Waals surface area contributed by atoms with Crippen molar-refractivity contribution in [2.45, 2.75) is 90.9 Å². The maximum Gasteiger partial charge on any atom is 0.314 e. The summed E-state index contributed by atoms with van der Waals surface area (Å²) in [5, 5.41) is 0. The van der Waals surface area contributed by atoms with Crippen molar-refractivity contribution < 1.29 is 16.5 Å². The van der Waals surface area contributed by atoms with Crippen LogP contribution in [0.3, 0.4) is 0 Å². The summed E-state index contributed by atoms with van der Waals surface area (Å²) in [4.78, 5) is 0. The highest BCUT2D eigenvalue weighted by molar-refractivity contribution is 6.90. The van der Waals surface area contributed by atoms with Crippen LogP contribution in [-0.4, -0.2) is 42.3 Å². The van der Waals surface area contributed by atoms with Crippen molar-refractivity contribution in [2.24, 2.45) is 0 Å². The van der Waals surface area contributed by atoms with E-state index in [-0.39, 0.29) is 0 Å². The number of benzene rings is 1. The van der Waals surface area contributed by atoms with Crippen molar-refractivity contribution in [1.29, 1.82) is 0 Å². The number of rotatable bonds is 11. The second-order valence-corrected chi connectivity index (χ2v) is 30.9. The van der Waals surface area contributed by atoms with Crippen LogP contribution in [0.25, 0.3) is 0 Å². The van der Waals surface area contributed by atoms with Gasteiger partial charge in [-0.15, -0.1) is 0 Å². The first-order valence-corrected chi connectivity index (χ1v) is 25.4. The Hall–Kier alpha value is 0.144. The molecule has 0 saturated carbocycles. The lowest BCUT2D eigenvalue weighted by molar-refractivity contribution is 0.297. The molecule has 1 aromatic rings. The Kier molecular flexibility index (Phi) is 9.13. The van der Waals surface area contributed by atoms with Gasteiger partial charge in [-0.2, -0.15) is 0 Å². The molecule has 0 amide bonds. The third kappa shape index (κ3) is 10.8. The van der Waals surface area contributed by atoms with Gasteiger partial charge in [0.15, 0.2) is 16.6 Å². The minimum Gasteiger partial charge on any atom is -0.437 e. The first-order valence-electron chi connectivity index (χ1n) is 10.6. The Morgan fingerprint density at radius 3 is 1.55 bits per heavy atom. The molecule has 0 heterocycles. The molecule has 9 heteroatoms. The van der Waals surface area contributed by atoms with E-state index in [0.29, 0.717) is 5.54 Å². The molecule has 0 aliphatic carbocycles. The summed E-state index contributed by atoms with van der Waals surface area (Å²) in [5.74, 6) is 0. The first-order chi connectivity index (χ1) is 12.8. The summed E-state index contributed by atoms with van der Waals surface area (Å²) < 4.78 is 26.4. The van der Waals surface area contributed by atoms with Crippen LogP contribution >= 0.6 is 0 Å². The molecular formula is C20H43O4Si5. The molecule has 1 rings (SSSR count). The third-order valence-corrected chi connectivity index (χ3v) is 23.5. The lowest BCUT2D eigenvalue weighted by Crippen LogP contribution is -2.58. The predicted molar refractivity (Wildman–Crippen MR) is 136 cm³/mol. The van der Waals surface area contributed by atoms with Gasteiger partial charge in [0.05, 0.1) is 0 Å². The summed E-state index contributed by atoms with van der Waals surface area (Å²) >= 11 is 0. The fourth-order valence-corrected chi connectivity index (χ4v) is 27.5. The minimum absolute atomic E-state index is 0.493. The molecule has 1 unspecified atom stereocenters. The second kappa shape index (κ2) is 9.74. The Bertz CT molecular complexity index is 642. The van der Waals surface area contributed by atoms with E-state index in [1.165, 1.54) is 5.56 Å². The van der Waals surface area contributed by atoms with Crippen LogP contribution < -0.4 is 0 Å². The van der Waals surface area contributed by atoms with Crippen LogP contribution in [0.15, 0.2) is 24.3 Å². The molecule has 1 aromatic carbocycles. The van der Waals surface area contributed by atoms with Crippen molar-refractivity contribution >= 4 is 42.3 Å². The van der Waals surface area contributed by atoms with Gasteiger partial charge in [-0.25, -0.2) is 0 Å². The normalized spacial score (nSPS) is 15.4. The largest absolute Gasteiger partial charge is 0.437 e. The zero-order valence-corrected chi connectivity index (χ0v) is 25.7. The van der Waals surface area contributed by atoms with Gasteiger partial charge in [-0.1, -0.05) is 31.2 Å². The van der Waals surface area contributed by atoms with Crippen LogP contribution in [0.4, 0.5) is 0 Å². The molecule has 0 aromatic heterocycles. The molecule has 0 aliphatic rings. The molecule has 0 saturated heterocycles. The van der Waals surface area contributed by atoms with Gasteiger partial charge in [0, 0.05) is 0 Å². The Balaban J connectivity index is 2.78. The van der Waals surface area contributed by atoms with E-state index < -0.39 is 42.3 Å². The highest BCUT2D eigenvalue weighted by Gasteiger charge is 2.46. The Morgan fingerprint density at radius 2 is 1.10 bits per heavy atom. The Labute approximate surface area is 185 Å². The van der Waals surface area contributed by atoms with E-state index in [2.05, 4.69) is 97.1 Å². The van der Waals surface area contributed by atoms with Crippen LogP contribution in [0.5, 0.6) is 0 Å². The van der Waals surface area contributed by atoms with Gasteiger partial charge in [-0.3, -0.25) is 0 Å².